The molecular weight excluding hydrogens is 765 g/mol. The summed E-state index contributed by atoms with van der Waals surface area (Å²) in [7, 11) is -2.54. The number of aryl methyl sites for hydroxylation is 1. The number of fused-ring (bicyclic) bond motifs is 1. The number of para-hydroxylation sites is 1. The van der Waals surface area contributed by atoms with E-state index >= 15 is 0 Å². The molecule has 0 unspecified atom stereocenters. The number of nitriles is 1. The molecule has 6 rings (SSSR count). The molecule has 0 radical (unpaired) electrons. The Morgan fingerprint density at radius 2 is 1.55 bits per heavy atom. The number of carbonyl (C=O) groups is 1. The van der Waals surface area contributed by atoms with Crippen molar-refractivity contribution in [3.63, 3.8) is 0 Å². The molecule has 1 amide bonds. The molecule has 5 aromatic carbocycles. The maximum Gasteiger partial charge on any atom is 0.407 e. The zero-order valence-corrected chi connectivity index (χ0v) is 33.0. The normalized spacial score (nSPS) is 17.3. The summed E-state index contributed by atoms with van der Waals surface area (Å²) >= 11 is 0. The molecule has 4 atom stereocenters. The minimum Gasteiger partial charge on any atom is -0.496 e. The lowest BCUT2D eigenvalue weighted by molar-refractivity contribution is -0.105. The second-order valence-corrected chi connectivity index (χ2v) is 15.5. The zero-order valence-electron chi connectivity index (χ0n) is 32.2. The fourth-order valence-electron chi connectivity index (χ4n) is 6.79. The van der Waals surface area contributed by atoms with Crippen LogP contribution >= 0.6 is 0 Å². The van der Waals surface area contributed by atoms with E-state index in [2.05, 4.69) is 6.07 Å². The molecule has 2 N–H and O–H groups in total. The average Bonchev–Trinajstić information content (AvgIpc) is 3.24. The highest BCUT2D eigenvalue weighted by atomic mass is 32.2. The van der Waals surface area contributed by atoms with E-state index in [-0.39, 0.29) is 31.2 Å². The molecule has 0 aliphatic carbocycles. The number of likely N-dealkylation sites (tertiary alicyclic amines) is 1. The SMILES string of the molecule is COc1cc(CO[C@H]2CN(C(=O)O)C[C@@H](OC[C@H](O)COS(=O)(=O)c3ccc(C)cc3)[C@@H]2c2ccc(OCCCOc3ccccc3C#N)cc2)cc2ccccc12. The van der Waals surface area contributed by atoms with Crippen molar-refractivity contribution in [2.75, 3.05) is 46.6 Å². The molecule has 1 saturated heterocycles. The Morgan fingerprint density at radius 3 is 2.28 bits per heavy atom. The predicted molar refractivity (Wildman–Crippen MR) is 215 cm³/mol. The molecule has 5 aromatic rings. The molecule has 0 aromatic heterocycles. The zero-order chi connectivity index (χ0) is 41.1. The van der Waals surface area contributed by atoms with Crippen molar-refractivity contribution in [3.8, 4) is 23.3 Å². The number of aliphatic hydroxyl groups excluding tert-OH is 1. The van der Waals surface area contributed by atoms with Crippen molar-refractivity contribution < 1.29 is 51.3 Å². The van der Waals surface area contributed by atoms with Gasteiger partial charge in [-0.2, -0.15) is 13.7 Å². The Morgan fingerprint density at radius 1 is 0.862 bits per heavy atom. The van der Waals surface area contributed by atoms with Gasteiger partial charge in [0.25, 0.3) is 10.1 Å². The summed E-state index contributed by atoms with van der Waals surface area (Å²) < 4.78 is 60.9. The van der Waals surface area contributed by atoms with Crippen LogP contribution in [0.5, 0.6) is 17.2 Å². The van der Waals surface area contributed by atoms with E-state index in [1.165, 1.54) is 17.0 Å². The number of nitrogens with zero attached hydrogens (tertiary/aromatic N) is 2. The first-order valence-corrected chi connectivity index (χ1v) is 20.2. The minimum absolute atomic E-state index is 0.0356. The Labute approximate surface area is 338 Å². The van der Waals surface area contributed by atoms with E-state index in [9.17, 15) is 28.7 Å². The van der Waals surface area contributed by atoms with Crippen LogP contribution in [0.25, 0.3) is 10.8 Å². The number of methoxy groups -OCH3 is 1. The van der Waals surface area contributed by atoms with Gasteiger partial charge in [-0.1, -0.05) is 66.2 Å². The molecule has 14 heteroatoms. The third-order valence-corrected chi connectivity index (χ3v) is 11.1. The lowest BCUT2D eigenvalue weighted by atomic mass is 9.84. The maximum absolute atomic E-state index is 12.8. The van der Waals surface area contributed by atoms with E-state index in [0.717, 1.165) is 27.5 Å². The van der Waals surface area contributed by atoms with Crippen LogP contribution in [0.2, 0.25) is 0 Å². The van der Waals surface area contributed by atoms with Crippen LogP contribution in [0.1, 0.15) is 34.6 Å². The number of benzene rings is 5. The van der Waals surface area contributed by atoms with E-state index in [1.807, 2.05) is 73.7 Å². The monoisotopic (exact) mass is 810 g/mol. The molecule has 1 aliphatic rings. The van der Waals surface area contributed by atoms with Crippen molar-refractivity contribution in [1.29, 1.82) is 5.26 Å². The minimum atomic E-state index is -4.14. The van der Waals surface area contributed by atoms with Gasteiger partial charge in [0.15, 0.2) is 0 Å². The fraction of sp³-hybridized carbons (Fsp3) is 0.318. The van der Waals surface area contributed by atoms with Gasteiger partial charge in [-0.15, -0.1) is 0 Å². The highest BCUT2D eigenvalue weighted by molar-refractivity contribution is 7.86. The number of piperidine rings is 1. The molecule has 1 aliphatic heterocycles. The van der Waals surface area contributed by atoms with E-state index < -0.39 is 47.0 Å². The number of hydrogen-bond donors (Lipinski definition) is 2. The number of rotatable bonds is 18. The molecule has 13 nitrogen and oxygen atoms in total. The predicted octanol–water partition coefficient (Wildman–Crippen LogP) is 6.69. The van der Waals surface area contributed by atoms with Crippen molar-refractivity contribution in [2.24, 2.45) is 0 Å². The summed E-state index contributed by atoms with van der Waals surface area (Å²) in [6.45, 7) is 1.78. The average molecular weight is 811 g/mol. The first-order chi connectivity index (χ1) is 28.0. The van der Waals surface area contributed by atoms with Gasteiger partial charge in [0.1, 0.15) is 29.4 Å². The van der Waals surface area contributed by atoms with Gasteiger partial charge in [0.2, 0.25) is 0 Å². The summed E-state index contributed by atoms with van der Waals surface area (Å²) in [4.78, 5) is 13.6. The molecule has 1 heterocycles. The molecule has 304 valence electrons. The van der Waals surface area contributed by atoms with Gasteiger partial charge >= 0.3 is 6.09 Å². The van der Waals surface area contributed by atoms with Crippen molar-refractivity contribution in [1.82, 2.24) is 4.90 Å². The largest absolute Gasteiger partial charge is 0.496 e. The Hall–Kier alpha value is -5.69. The third kappa shape index (κ3) is 10.8. The standard InChI is InChI=1S/C44H46N2O11S/c1-30-12-18-37(19-13-30)58(50,51)57-29-35(47)28-56-42-26-46(44(48)49)25-41(55-27-31-22-33-8-3-5-10-38(33)40(23-31)52-2)43(42)32-14-16-36(17-15-32)53-20-7-21-54-39-11-6-4-9-34(39)24-45/h3-6,8-19,22-23,35,41-43,47H,7,20-21,25-29H2,1-2H3,(H,48,49)/t35-,41-,42+,43+/m0/s1. The van der Waals surface area contributed by atoms with Crippen molar-refractivity contribution in [3.05, 3.63) is 131 Å². The lowest BCUT2D eigenvalue weighted by Crippen LogP contribution is -2.54. The lowest BCUT2D eigenvalue weighted by Gasteiger charge is -2.43. The van der Waals surface area contributed by atoms with E-state index in [4.69, 9.17) is 27.9 Å². The summed E-state index contributed by atoms with van der Waals surface area (Å²) in [5.41, 5.74) is 2.95. The van der Waals surface area contributed by atoms with E-state index in [0.29, 0.717) is 42.4 Å². The first-order valence-electron chi connectivity index (χ1n) is 18.8. The van der Waals surface area contributed by atoms with Crippen LogP contribution < -0.4 is 14.2 Å². The fourth-order valence-corrected chi connectivity index (χ4v) is 7.73. The molecule has 0 saturated carbocycles. The number of aliphatic hydroxyl groups is 1. The second-order valence-electron chi connectivity index (χ2n) is 13.9. The second kappa shape index (κ2) is 19.6. The van der Waals surface area contributed by atoms with Gasteiger partial charge in [0, 0.05) is 17.7 Å². The summed E-state index contributed by atoms with van der Waals surface area (Å²) in [6.07, 6.45) is -3.44. The van der Waals surface area contributed by atoms with Crippen molar-refractivity contribution in [2.45, 2.75) is 49.1 Å². The highest BCUT2D eigenvalue weighted by Gasteiger charge is 2.41. The highest BCUT2D eigenvalue weighted by Crippen LogP contribution is 2.35. The van der Waals surface area contributed by atoms with Crippen molar-refractivity contribution >= 4 is 27.0 Å². The molecule has 0 spiro atoms. The van der Waals surface area contributed by atoms with Crippen LogP contribution in [0.15, 0.2) is 114 Å². The van der Waals surface area contributed by atoms with Crippen LogP contribution in [-0.4, -0.2) is 94.6 Å². The van der Waals surface area contributed by atoms with Gasteiger partial charge < -0.3 is 38.8 Å². The smallest absolute Gasteiger partial charge is 0.407 e. The molecular formula is C44H46N2O11S. The number of ether oxygens (including phenoxy) is 5. The molecule has 58 heavy (non-hydrogen) atoms. The molecule has 0 bridgehead atoms. The Kier molecular flexibility index (Phi) is 14.2. The van der Waals surface area contributed by atoms with Crippen LogP contribution in [0.3, 0.4) is 0 Å². The maximum atomic E-state index is 12.8. The summed E-state index contributed by atoms with van der Waals surface area (Å²) in [6, 6.07) is 34.4. The van der Waals surface area contributed by atoms with E-state index in [1.54, 1.807) is 37.4 Å². The first kappa shape index (κ1) is 41.9. The number of carboxylic acid groups (broad SMARTS) is 1. The summed E-state index contributed by atoms with van der Waals surface area (Å²) in [5, 5.41) is 32.2. The number of hydrogen-bond acceptors (Lipinski definition) is 11. The number of amides is 1. The van der Waals surface area contributed by atoms with Crippen LogP contribution in [0, 0.1) is 18.3 Å². The van der Waals surface area contributed by atoms with Gasteiger partial charge in [0.05, 0.1) is 75.9 Å². The quantitative estimate of drug-likeness (QED) is 0.0710. The Bertz CT molecular complexity index is 2300. The van der Waals surface area contributed by atoms with Crippen LogP contribution in [0.4, 0.5) is 4.79 Å². The van der Waals surface area contributed by atoms with Gasteiger partial charge in [-0.05, 0) is 72.0 Å². The third-order valence-electron chi connectivity index (χ3n) is 9.76. The summed E-state index contributed by atoms with van der Waals surface area (Å²) in [5.74, 6) is 1.29. The Balaban J connectivity index is 1.17. The molecule has 1 fully saturated rings. The van der Waals surface area contributed by atoms with Crippen LogP contribution in [-0.2, 0) is 30.4 Å². The van der Waals surface area contributed by atoms with Gasteiger partial charge in [-0.3, -0.25) is 4.18 Å². The van der Waals surface area contributed by atoms with Gasteiger partial charge in [-0.25, -0.2) is 4.79 Å². The topological polar surface area (TPSA) is 174 Å².